The minimum Gasteiger partial charge on any atom is -0.482 e. The third-order valence-electron chi connectivity index (χ3n) is 3.06. The Morgan fingerprint density at radius 2 is 1.84 bits per heavy atom. The summed E-state index contributed by atoms with van der Waals surface area (Å²) in [6.45, 7) is 0.692. The first-order valence-electron chi connectivity index (χ1n) is 6.01. The van der Waals surface area contributed by atoms with E-state index in [2.05, 4.69) is 22.6 Å². The molecule has 1 amide bonds. The predicted octanol–water partition coefficient (Wildman–Crippen LogP) is 3.22. The molecular formula is C15H12INO2. The normalized spacial score (nSPS) is 13.9. The molecule has 0 saturated heterocycles. The van der Waals surface area contributed by atoms with Crippen molar-refractivity contribution in [3.8, 4) is 5.75 Å². The predicted molar refractivity (Wildman–Crippen MR) is 82.3 cm³/mol. The van der Waals surface area contributed by atoms with Crippen molar-refractivity contribution in [1.82, 2.24) is 0 Å². The Kier molecular flexibility index (Phi) is 3.42. The quantitative estimate of drug-likeness (QED) is 0.765. The van der Waals surface area contributed by atoms with E-state index in [1.165, 1.54) is 3.57 Å². The van der Waals surface area contributed by atoms with Crippen LogP contribution in [0, 0.1) is 3.57 Å². The van der Waals surface area contributed by atoms with Crippen LogP contribution in [0.3, 0.4) is 0 Å². The molecule has 3 rings (SSSR count). The van der Waals surface area contributed by atoms with E-state index < -0.39 is 0 Å². The van der Waals surface area contributed by atoms with Crippen LogP contribution in [0.5, 0.6) is 5.75 Å². The monoisotopic (exact) mass is 365 g/mol. The van der Waals surface area contributed by atoms with Crippen molar-refractivity contribution >= 4 is 34.2 Å². The summed E-state index contributed by atoms with van der Waals surface area (Å²) < 4.78 is 6.62. The number of anilines is 1. The number of carbonyl (C=O) groups excluding carboxylic acids is 1. The molecule has 4 heteroatoms. The lowest BCUT2D eigenvalue weighted by molar-refractivity contribution is -0.121. The van der Waals surface area contributed by atoms with Gasteiger partial charge in [0.2, 0.25) is 0 Å². The zero-order valence-electron chi connectivity index (χ0n) is 10.2. The largest absolute Gasteiger partial charge is 0.482 e. The van der Waals surface area contributed by atoms with Crippen LogP contribution in [-0.4, -0.2) is 12.5 Å². The zero-order valence-corrected chi connectivity index (χ0v) is 12.3. The number of para-hydroxylation sites is 2. The molecule has 0 N–H and O–H groups in total. The number of benzene rings is 2. The fourth-order valence-electron chi connectivity index (χ4n) is 2.10. The molecule has 0 unspecified atom stereocenters. The highest BCUT2D eigenvalue weighted by molar-refractivity contribution is 14.1. The second-order valence-electron chi connectivity index (χ2n) is 4.36. The van der Waals surface area contributed by atoms with E-state index in [1.807, 2.05) is 48.5 Å². The molecule has 96 valence electrons. The first kappa shape index (κ1) is 12.5. The fraction of sp³-hybridized carbons (Fsp3) is 0.133. The summed E-state index contributed by atoms with van der Waals surface area (Å²) in [7, 11) is 0. The Morgan fingerprint density at radius 1 is 1.11 bits per heavy atom. The summed E-state index contributed by atoms with van der Waals surface area (Å²) >= 11 is 2.27. The van der Waals surface area contributed by atoms with Crippen molar-refractivity contribution < 1.29 is 9.53 Å². The lowest BCUT2D eigenvalue weighted by atomic mass is 10.1. The summed E-state index contributed by atoms with van der Waals surface area (Å²) in [4.78, 5) is 13.8. The number of amides is 1. The topological polar surface area (TPSA) is 29.5 Å². The molecule has 0 aromatic heterocycles. The number of halogens is 1. The van der Waals surface area contributed by atoms with Crippen molar-refractivity contribution in [3.05, 3.63) is 57.7 Å². The second kappa shape index (κ2) is 5.21. The molecule has 3 nitrogen and oxygen atoms in total. The molecule has 0 spiro atoms. The number of carbonyl (C=O) groups is 1. The Morgan fingerprint density at radius 3 is 2.63 bits per heavy atom. The molecule has 0 fully saturated rings. The van der Waals surface area contributed by atoms with Gasteiger partial charge in [-0.1, -0.05) is 24.3 Å². The molecule has 0 radical (unpaired) electrons. The van der Waals surface area contributed by atoms with Gasteiger partial charge in [-0.2, -0.15) is 0 Å². The van der Waals surface area contributed by atoms with Gasteiger partial charge >= 0.3 is 0 Å². The first-order chi connectivity index (χ1) is 9.24. The molecule has 2 aromatic rings. The third kappa shape index (κ3) is 2.58. The SMILES string of the molecule is O=C1COc2ccccc2N1Cc1ccc(I)cc1. The average Bonchev–Trinajstić information content (AvgIpc) is 2.44. The van der Waals surface area contributed by atoms with Crippen LogP contribution in [0.15, 0.2) is 48.5 Å². The van der Waals surface area contributed by atoms with Crippen LogP contribution in [0.1, 0.15) is 5.56 Å². The van der Waals surface area contributed by atoms with E-state index >= 15 is 0 Å². The molecule has 2 aromatic carbocycles. The van der Waals surface area contributed by atoms with Crippen molar-refractivity contribution in [3.63, 3.8) is 0 Å². The van der Waals surface area contributed by atoms with Gasteiger partial charge in [0.25, 0.3) is 5.91 Å². The second-order valence-corrected chi connectivity index (χ2v) is 5.61. The maximum Gasteiger partial charge on any atom is 0.265 e. The lowest BCUT2D eigenvalue weighted by Crippen LogP contribution is -2.38. The van der Waals surface area contributed by atoms with Crippen molar-refractivity contribution in [1.29, 1.82) is 0 Å². The van der Waals surface area contributed by atoms with Crippen LogP contribution in [0.4, 0.5) is 5.69 Å². The van der Waals surface area contributed by atoms with E-state index in [-0.39, 0.29) is 12.5 Å². The van der Waals surface area contributed by atoms with Gasteiger partial charge in [0.1, 0.15) is 5.75 Å². The van der Waals surface area contributed by atoms with Gasteiger partial charge < -0.3 is 9.64 Å². The molecular weight excluding hydrogens is 353 g/mol. The maximum absolute atomic E-state index is 12.0. The van der Waals surface area contributed by atoms with Crippen LogP contribution >= 0.6 is 22.6 Å². The summed E-state index contributed by atoms with van der Waals surface area (Å²) in [6, 6.07) is 15.8. The number of hydrogen-bond acceptors (Lipinski definition) is 2. The number of rotatable bonds is 2. The van der Waals surface area contributed by atoms with Crippen molar-refractivity contribution in [2.24, 2.45) is 0 Å². The van der Waals surface area contributed by atoms with Gasteiger partial charge in [0.15, 0.2) is 6.61 Å². The summed E-state index contributed by atoms with van der Waals surface area (Å²) in [6.07, 6.45) is 0. The lowest BCUT2D eigenvalue weighted by Gasteiger charge is -2.29. The first-order valence-corrected chi connectivity index (χ1v) is 7.08. The molecule has 1 aliphatic heterocycles. The Balaban J connectivity index is 1.91. The van der Waals surface area contributed by atoms with E-state index in [0.29, 0.717) is 6.54 Å². The summed E-state index contributed by atoms with van der Waals surface area (Å²) in [5.41, 5.74) is 1.96. The zero-order chi connectivity index (χ0) is 13.2. The number of hydrogen-bond donors (Lipinski definition) is 0. The van der Waals surface area contributed by atoms with Crippen LogP contribution in [-0.2, 0) is 11.3 Å². The smallest absolute Gasteiger partial charge is 0.265 e. The van der Waals surface area contributed by atoms with Crippen LogP contribution in [0.2, 0.25) is 0 Å². The molecule has 0 saturated carbocycles. The molecule has 19 heavy (non-hydrogen) atoms. The van der Waals surface area contributed by atoms with Gasteiger partial charge in [-0.15, -0.1) is 0 Å². The van der Waals surface area contributed by atoms with Crippen LogP contribution in [0.25, 0.3) is 0 Å². The number of ether oxygens (including phenoxy) is 1. The minimum atomic E-state index is -0.00255. The molecule has 1 aliphatic rings. The molecule has 1 heterocycles. The van der Waals surface area contributed by atoms with Gasteiger partial charge in [-0.3, -0.25) is 4.79 Å². The number of nitrogens with zero attached hydrogens (tertiary/aromatic N) is 1. The van der Waals surface area contributed by atoms with E-state index in [0.717, 1.165) is 17.0 Å². The fourth-order valence-corrected chi connectivity index (χ4v) is 2.46. The summed E-state index contributed by atoms with van der Waals surface area (Å²) in [5, 5.41) is 0. The Bertz CT molecular complexity index is 610. The molecule has 0 bridgehead atoms. The van der Waals surface area contributed by atoms with Gasteiger partial charge in [-0.25, -0.2) is 0 Å². The highest BCUT2D eigenvalue weighted by atomic mass is 127. The third-order valence-corrected chi connectivity index (χ3v) is 3.78. The average molecular weight is 365 g/mol. The standard InChI is InChI=1S/C15H12INO2/c16-12-7-5-11(6-8-12)9-17-13-3-1-2-4-14(13)19-10-15(17)18/h1-8H,9-10H2. The molecule has 0 atom stereocenters. The van der Waals surface area contributed by atoms with E-state index in [1.54, 1.807) is 4.90 Å². The maximum atomic E-state index is 12.0. The summed E-state index contributed by atoms with van der Waals surface area (Å²) in [5.74, 6) is 0.768. The molecule has 0 aliphatic carbocycles. The van der Waals surface area contributed by atoms with Gasteiger partial charge in [0, 0.05) is 3.57 Å². The Labute approximate surface area is 125 Å². The highest BCUT2D eigenvalue weighted by Gasteiger charge is 2.24. The highest BCUT2D eigenvalue weighted by Crippen LogP contribution is 2.32. The Hall–Kier alpha value is -1.56. The van der Waals surface area contributed by atoms with Crippen molar-refractivity contribution in [2.75, 3.05) is 11.5 Å². The van der Waals surface area contributed by atoms with Gasteiger partial charge in [0.05, 0.1) is 12.2 Å². The number of fused-ring (bicyclic) bond motifs is 1. The van der Waals surface area contributed by atoms with Crippen LogP contribution < -0.4 is 9.64 Å². The van der Waals surface area contributed by atoms with E-state index in [9.17, 15) is 4.79 Å². The van der Waals surface area contributed by atoms with Gasteiger partial charge in [-0.05, 0) is 52.4 Å². The van der Waals surface area contributed by atoms with E-state index in [4.69, 9.17) is 4.74 Å². The van der Waals surface area contributed by atoms with Crippen molar-refractivity contribution in [2.45, 2.75) is 6.54 Å². The minimum absolute atomic E-state index is 0.00255.